The fourth-order valence-corrected chi connectivity index (χ4v) is 2.83. The number of hydrogen-bond acceptors (Lipinski definition) is 4. The third-order valence-electron chi connectivity index (χ3n) is 3.64. The van der Waals surface area contributed by atoms with Crippen LogP contribution in [0.2, 0.25) is 0 Å². The van der Waals surface area contributed by atoms with E-state index in [1.807, 2.05) is 23.1 Å². The van der Waals surface area contributed by atoms with Gasteiger partial charge in [0.15, 0.2) is 0 Å². The molecule has 0 bridgehead atoms. The summed E-state index contributed by atoms with van der Waals surface area (Å²) in [5, 5.41) is 9.07. The standard InChI is InChI=1S/C16H25N5OS/c1-12-19-13(10-23-12)5-6-18-15(22)20-14(16(2,3)4)9-21-8-7-17-11-21/h7-8,10-11,14H,5-6,9H2,1-4H3,(H2,18,20,22)/t14-/m0/s1. The topological polar surface area (TPSA) is 71.8 Å². The van der Waals surface area contributed by atoms with Crippen molar-refractivity contribution >= 4 is 17.4 Å². The molecule has 2 rings (SSSR count). The Morgan fingerprint density at radius 3 is 2.78 bits per heavy atom. The Morgan fingerprint density at radius 2 is 2.22 bits per heavy atom. The number of carbonyl (C=O) groups excluding carboxylic acids is 1. The summed E-state index contributed by atoms with van der Waals surface area (Å²) in [6, 6.07) is -0.129. The van der Waals surface area contributed by atoms with Crippen molar-refractivity contribution in [3.8, 4) is 0 Å². The molecule has 0 aliphatic carbocycles. The first-order valence-electron chi connectivity index (χ1n) is 7.75. The minimum atomic E-state index is -0.142. The maximum atomic E-state index is 12.2. The van der Waals surface area contributed by atoms with E-state index in [0.717, 1.165) is 17.1 Å². The second-order valence-corrected chi connectivity index (χ2v) is 7.75. The molecule has 2 N–H and O–H groups in total. The summed E-state index contributed by atoms with van der Waals surface area (Å²) in [6.07, 6.45) is 6.17. The predicted octanol–water partition coefficient (Wildman–Crippen LogP) is 2.60. The Kier molecular flexibility index (Phi) is 5.76. The quantitative estimate of drug-likeness (QED) is 0.852. The van der Waals surface area contributed by atoms with Gasteiger partial charge in [0.2, 0.25) is 0 Å². The molecule has 2 aromatic rings. The first kappa shape index (κ1) is 17.5. The highest BCUT2D eigenvalue weighted by atomic mass is 32.1. The van der Waals surface area contributed by atoms with Crippen LogP contribution < -0.4 is 10.6 Å². The molecule has 0 unspecified atom stereocenters. The second kappa shape index (κ2) is 7.59. The molecule has 1 atom stereocenters. The lowest BCUT2D eigenvalue weighted by Gasteiger charge is -2.31. The molecule has 0 spiro atoms. The normalized spacial score (nSPS) is 12.9. The Labute approximate surface area is 141 Å². The van der Waals surface area contributed by atoms with Gasteiger partial charge >= 0.3 is 6.03 Å². The summed E-state index contributed by atoms with van der Waals surface area (Å²) < 4.78 is 1.98. The third-order valence-corrected chi connectivity index (χ3v) is 4.46. The minimum Gasteiger partial charge on any atom is -0.338 e. The predicted molar refractivity (Wildman–Crippen MR) is 92.6 cm³/mol. The molecule has 2 aromatic heterocycles. The van der Waals surface area contributed by atoms with Gasteiger partial charge in [-0.15, -0.1) is 11.3 Å². The van der Waals surface area contributed by atoms with Crippen molar-refractivity contribution in [2.24, 2.45) is 5.41 Å². The van der Waals surface area contributed by atoms with Gasteiger partial charge in [0.05, 0.1) is 23.1 Å². The van der Waals surface area contributed by atoms with Crippen molar-refractivity contribution in [2.75, 3.05) is 6.54 Å². The lowest BCUT2D eigenvalue weighted by atomic mass is 9.86. The number of imidazole rings is 1. The van der Waals surface area contributed by atoms with E-state index in [1.165, 1.54) is 0 Å². The van der Waals surface area contributed by atoms with Gasteiger partial charge in [-0.3, -0.25) is 0 Å². The number of urea groups is 1. The lowest BCUT2D eigenvalue weighted by Crippen LogP contribution is -2.50. The number of aryl methyl sites for hydroxylation is 1. The van der Waals surface area contributed by atoms with E-state index in [2.05, 4.69) is 41.4 Å². The van der Waals surface area contributed by atoms with Crippen molar-refractivity contribution < 1.29 is 4.79 Å². The van der Waals surface area contributed by atoms with Gasteiger partial charge in [-0.1, -0.05) is 20.8 Å². The fourth-order valence-electron chi connectivity index (χ4n) is 2.18. The van der Waals surface area contributed by atoms with E-state index in [0.29, 0.717) is 13.1 Å². The van der Waals surface area contributed by atoms with Gasteiger partial charge in [0.1, 0.15) is 0 Å². The van der Waals surface area contributed by atoms with Crippen LogP contribution in [-0.4, -0.2) is 33.2 Å². The van der Waals surface area contributed by atoms with Gasteiger partial charge in [-0.25, -0.2) is 14.8 Å². The Bertz CT molecular complexity index is 615. The maximum absolute atomic E-state index is 12.2. The second-order valence-electron chi connectivity index (χ2n) is 6.69. The van der Waals surface area contributed by atoms with Crippen LogP contribution in [-0.2, 0) is 13.0 Å². The molecular weight excluding hydrogens is 310 g/mol. The molecular formula is C16H25N5OS. The summed E-state index contributed by atoms with van der Waals surface area (Å²) in [7, 11) is 0. The van der Waals surface area contributed by atoms with Crippen LogP contribution >= 0.6 is 11.3 Å². The number of aromatic nitrogens is 3. The molecule has 6 nitrogen and oxygen atoms in total. The molecule has 0 radical (unpaired) electrons. The summed E-state index contributed by atoms with van der Waals surface area (Å²) >= 11 is 1.63. The van der Waals surface area contributed by atoms with E-state index in [4.69, 9.17) is 0 Å². The first-order chi connectivity index (χ1) is 10.8. The Hall–Kier alpha value is -1.89. The average Bonchev–Trinajstić information content (AvgIpc) is 3.09. The molecule has 0 fully saturated rings. The first-order valence-corrected chi connectivity index (χ1v) is 8.63. The van der Waals surface area contributed by atoms with E-state index >= 15 is 0 Å². The minimum absolute atomic E-state index is 0.0122. The van der Waals surface area contributed by atoms with Gasteiger partial charge in [-0.05, 0) is 12.3 Å². The molecule has 0 saturated carbocycles. The summed E-state index contributed by atoms with van der Waals surface area (Å²) in [5.74, 6) is 0. The summed E-state index contributed by atoms with van der Waals surface area (Å²) in [5.41, 5.74) is 0.978. The monoisotopic (exact) mass is 335 g/mol. The van der Waals surface area contributed by atoms with Crippen molar-refractivity contribution in [3.63, 3.8) is 0 Å². The highest BCUT2D eigenvalue weighted by Crippen LogP contribution is 2.20. The van der Waals surface area contributed by atoms with Gasteiger partial charge < -0.3 is 15.2 Å². The maximum Gasteiger partial charge on any atom is 0.315 e. The van der Waals surface area contributed by atoms with Gasteiger partial charge in [0.25, 0.3) is 0 Å². The highest BCUT2D eigenvalue weighted by molar-refractivity contribution is 7.09. The van der Waals surface area contributed by atoms with Crippen LogP contribution in [0.15, 0.2) is 24.1 Å². The van der Waals surface area contributed by atoms with Crippen LogP contribution in [0.1, 0.15) is 31.5 Å². The zero-order chi connectivity index (χ0) is 16.9. The van der Waals surface area contributed by atoms with Crippen molar-refractivity contribution in [3.05, 3.63) is 34.8 Å². The van der Waals surface area contributed by atoms with Crippen LogP contribution in [0, 0.1) is 12.3 Å². The smallest absolute Gasteiger partial charge is 0.315 e. The number of rotatable bonds is 6. The van der Waals surface area contributed by atoms with E-state index in [1.54, 1.807) is 23.9 Å². The van der Waals surface area contributed by atoms with Crippen LogP contribution in [0.3, 0.4) is 0 Å². The van der Waals surface area contributed by atoms with Gasteiger partial charge in [-0.2, -0.15) is 0 Å². The van der Waals surface area contributed by atoms with E-state index in [-0.39, 0.29) is 17.5 Å². The van der Waals surface area contributed by atoms with E-state index < -0.39 is 0 Å². The summed E-state index contributed by atoms with van der Waals surface area (Å²) in [4.78, 5) is 20.6. The van der Waals surface area contributed by atoms with E-state index in [9.17, 15) is 4.79 Å². The fraction of sp³-hybridized carbons (Fsp3) is 0.562. The largest absolute Gasteiger partial charge is 0.338 e. The molecule has 0 aliphatic heterocycles. The van der Waals surface area contributed by atoms with Gasteiger partial charge in [0, 0.05) is 37.3 Å². The zero-order valence-electron chi connectivity index (χ0n) is 14.2. The molecule has 7 heteroatoms. The number of carbonyl (C=O) groups is 1. The third kappa shape index (κ3) is 5.67. The highest BCUT2D eigenvalue weighted by Gasteiger charge is 2.26. The lowest BCUT2D eigenvalue weighted by molar-refractivity contribution is 0.209. The number of nitrogens with one attached hydrogen (secondary N) is 2. The molecule has 2 heterocycles. The molecule has 0 saturated heterocycles. The Morgan fingerprint density at radius 1 is 1.43 bits per heavy atom. The summed E-state index contributed by atoms with van der Waals surface area (Å²) in [6.45, 7) is 9.62. The number of hydrogen-bond donors (Lipinski definition) is 2. The van der Waals surface area contributed by atoms with Crippen LogP contribution in [0.25, 0.3) is 0 Å². The molecule has 126 valence electrons. The van der Waals surface area contributed by atoms with Crippen molar-refractivity contribution in [1.82, 2.24) is 25.2 Å². The van der Waals surface area contributed by atoms with Crippen LogP contribution in [0.4, 0.5) is 4.79 Å². The average molecular weight is 335 g/mol. The SMILES string of the molecule is Cc1nc(CCNC(=O)N[C@@H](Cn2ccnc2)C(C)(C)C)cs1. The zero-order valence-corrected chi connectivity index (χ0v) is 15.0. The number of nitrogens with zero attached hydrogens (tertiary/aromatic N) is 3. The Balaban J connectivity index is 1.82. The number of amides is 2. The number of thiazole rings is 1. The molecule has 2 amide bonds. The molecule has 0 aliphatic rings. The molecule has 0 aromatic carbocycles. The van der Waals surface area contributed by atoms with Crippen LogP contribution in [0.5, 0.6) is 0 Å². The van der Waals surface area contributed by atoms with Crippen molar-refractivity contribution in [1.29, 1.82) is 0 Å². The molecule has 23 heavy (non-hydrogen) atoms. The van der Waals surface area contributed by atoms with Crippen molar-refractivity contribution in [2.45, 2.75) is 46.7 Å².